The molecule has 1 atom stereocenters. The van der Waals surface area contributed by atoms with Gasteiger partial charge in [0.15, 0.2) is 0 Å². The van der Waals surface area contributed by atoms with Crippen molar-refractivity contribution >= 4 is 34.3 Å². The number of hydrogen-bond acceptors (Lipinski definition) is 4. The summed E-state index contributed by atoms with van der Waals surface area (Å²) in [5.74, 6) is -0.317. The van der Waals surface area contributed by atoms with Gasteiger partial charge in [0.05, 0.1) is 12.6 Å². The van der Waals surface area contributed by atoms with Gasteiger partial charge in [-0.05, 0) is 18.2 Å². The van der Waals surface area contributed by atoms with Gasteiger partial charge in [0.1, 0.15) is 17.1 Å². The fourth-order valence-corrected chi connectivity index (χ4v) is 3.48. The molecule has 2 amide bonds. The van der Waals surface area contributed by atoms with Gasteiger partial charge in [-0.25, -0.2) is 0 Å². The van der Waals surface area contributed by atoms with E-state index in [1.165, 1.54) is 12.3 Å². The van der Waals surface area contributed by atoms with Crippen LogP contribution in [-0.2, 0) is 7.05 Å². The normalized spacial score (nSPS) is 15.9. The highest BCUT2D eigenvalue weighted by molar-refractivity contribution is 6.31. The fourth-order valence-electron chi connectivity index (χ4n) is 3.31. The number of benzene rings is 1. The lowest BCUT2D eigenvalue weighted by molar-refractivity contribution is 0.0914. The van der Waals surface area contributed by atoms with E-state index in [-0.39, 0.29) is 17.6 Å². The number of carbonyl (C=O) groups is 2. The lowest BCUT2D eigenvalue weighted by atomic mass is 10.0. The standard InChI is InChI=1S/C19H17ClN4O3/c1-24-15-7-11(20)3-2-10(15)6-16(24)19(26)23-13-4-5-27-17-8-14(18(21)25)22-9-12(13)17/h2-3,6-9,13H,4-5H2,1H3,(H2,21,25)(H,23,26). The van der Waals surface area contributed by atoms with Crippen LogP contribution in [0.4, 0.5) is 0 Å². The second kappa shape index (κ2) is 6.59. The smallest absolute Gasteiger partial charge is 0.268 e. The monoisotopic (exact) mass is 384 g/mol. The molecule has 8 heteroatoms. The Labute approximate surface area is 160 Å². The third kappa shape index (κ3) is 3.10. The van der Waals surface area contributed by atoms with Crippen LogP contribution in [0.15, 0.2) is 36.5 Å². The van der Waals surface area contributed by atoms with Crippen LogP contribution >= 0.6 is 11.6 Å². The SMILES string of the molecule is Cn1c(C(=O)NC2CCOc3cc(C(N)=O)ncc32)cc2ccc(Cl)cc21. The van der Waals surface area contributed by atoms with Crippen LogP contribution in [0.5, 0.6) is 5.75 Å². The Morgan fingerprint density at radius 1 is 1.33 bits per heavy atom. The maximum atomic E-state index is 12.9. The zero-order chi connectivity index (χ0) is 19.1. The van der Waals surface area contributed by atoms with Crippen LogP contribution < -0.4 is 15.8 Å². The number of hydrogen-bond donors (Lipinski definition) is 2. The first-order valence-corrected chi connectivity index (χ1v) is 8.80. The largest absolute Gasteiger partial charge is 0.493 e. The van der Waals surface area contributed by atoms with E-state index in [4.69, 9.17) is 22.1 Å². The van der Waals surface area contributed by atoms with Crippen molar-refractivity contribution in [2.45, 2.75) is 12.5 Å². The molecule has 0 fully saturated rings. The van der Waals surface area contributed by atoms with Crippen LogP contribution in [0.3, 0.4) is 0 Å². The average Bonchev–Trinajstić information content (AvgIpc) is 2.98. The van der Waals surface area contributed by atoms with E-state index < -0.39 is 5.91 Å². The molecule has 0 saturated heterocycles. The predicted octanol–water partition coefficient (Wildman–Crippen LogP) is 2.58. The first-order chi connectivity index (χ1) is 12.9. The van der Waals surface area contributed by atoms with Crippen molar-refractivity contribution in [3.8, 4) is 5.75 Å². The topological polar surface area (TPSA) is 99.2 Å². The van der Waals surface area contributed by atoms with Gasteiger partial charge in [0, 0.05) is 47.2 Å². The number of carbonyl (C=O) groups excluding carboxylic acids is 2. The summed E-state index contributed by atoms with van der Waals surface area (Å²) in [5.41, 5.74) is 7.53. The number of halogens is 1. The Kier molecular flexibility index (Phi) is 4.24. The summed E-state index contributed by atoms with van der Waals surface area (Å²) in [5, 5.41) is 4.58. The van der Waals surface area contributed by atoms with Gasteiger partial charge in [0.25, 0.3) is 11.8 Å². The highest BCUT2D eigenvalue weighted by Crippen LogP contribution is 2.32. The Balaban J connectivity index is 1.63. The van der Waals surface area contributed by atoms with Crippen LogP contribution in [-0.4, -0.2) is 28.0 Å². The average molecular weight is 385 g/mol. The first-order valence-electron chi connectivity index (χ1n) is 8.42. The summed E-state index contributed by atoms with van der Waals surface area (Å²) in [4.78, 5) is 28.2. The minimum atomic E-state index is -0.623. The summed E-state index contributed by atoms with van der Waals surface area (Å²) in [6.07, 6.45) is 2.13. The minimum absolute atomic E-state index is 0.131. The van der Waals surface area contributed by atoms with E-state index in [9.17, 15) is 9.59 Å². The molecule has 3 aromatic rings. The number of pyridine rings is 1. The minimum Gasteiger partial charge on any atom is -0.493 e. The van der Waals surface area contributed by atoms with Crippen molar-refractivity contribution in [1.29, 1.82) is 0 Å². The van der Waals surface area contributed by atoms with Crippen LogP contribution in [0.25, 0.3) is 10.9 Å². The predicted molar refractivity (Wildman–Crippen MR) is 101 cm³/mol. The number of aromatic nitrogens is 2. The Morgan fingerprint density at radius 2 is 2.15 bits per heavy atom. The van der Waals surface area contributed by atoms with Gasteiger partial charge >= 0.3 is 0 Å². The van der Waals surface area contributed by atoms with Crippen molar-refractivity contribution in [3.63, 3.8) is 0 Å². The molecule has 4 rings (SSSR count). The molecule has 2 aromatic heterocycles. The van der Waals surface area contributed by atoms with Crippen molar-refractivity contribution in [2.24, 2.45) is 12.8 Å². The Bertz CT molecular complexity index is 1080. The summed E-state index contributed by atoms with van der Waals surface area (Å²) < 4.78 is 7.41. The number of rotatable bonds is 3. The second-order valence-corrected chi connectivity index (χ2v) is 6.86. The number of nitrogens with one attached hydrogen (secondary N) is 1. The van der Waals surface area contributed by atoms with E-state index in [1.807, 2.05) is 29.8 Å². The van der Waals surface area contributed by atoms with Crippen molar-refractivity contribution in [1.82, 2.24) is 14.9 Å². The van der Waals surface area contributed by atoms with Crippen LogP contribution in [0.1, 0.15) is 39.0 Å². The molecule has 0 aliphatic carbocycles. The molecular weight excluding hydrogens is 368 g/mol. The van der Waals surface area contributed by atoms with Crippen molar-refractivity contribution < 1.29 is 14.3 Å². The number of nitrogens with zero attached hydrogens (tertiary/aromatic N) is 2. The van der Waals surface area contributed by atoms with E-state index in [2.05, 4.69) is 10.3 Å². The molecule has 1 aliphatic heterocycles. The van der Waals surface area contributed by atoms with E-state index >= 15 is 0 Å². The molecule has 0 bridgehead atoms. The number of amides is 2. The highest BCUT2D eigenvalue weighted by atomic mass is 35.5. The van der Waals surface area contributed by atoms with Crippen molar-refractivity contribution in [2.75, 3.05) is 6.61 Å². The third-order valence-corrected chi connectivity index (χ3v) is 4.97. The number of primary amides is 1. The summed E-state index contributed by atoms with van der Waals surface area (Å²) >= 11 is 6.06. The fraction of sp³-hybridized carbons (Fsp3) is 0.211. The van der Waals surface area contributed by atoms with Gasteiger partial charge in [-0.2, -0.15) is 0 Å². The zero-order valence-corrected chi connectivity index (χ0v) is 15.3. The molecule has 3 N–H and O–H groups in total. The third-order valence-electron chi connectivity index (χ3n) is 4.73. The highest BCUT2D eigenvalue weighted by Gasteiger charge is 2.26. The summed E-state index contributed by atoms with van der Waals surface area (Å²) in [6.45, 7) is 0.422. The van der Waals surface area contributed by atoms with Gasteiger partial charge in [-0.3, -0.25) is 14.6 Å². The van der Waals surface area contributed by atoms with Gasteiger partial charge in [-0.1, -0.05) is 17.7 Å². The van der Waals surface area contributed by atoms with Gasteiger partial charge in [0.2, 0.25) is 0 Å². The molecule has 0 saturated carbocycles. The van der Waals surface area contributed by atoms with E-state index in [0.717, 1.165) is 16.5 Å². The number of fused-ring (bicyclic) bond motifs is 2. The quantitative estimate of drug-likeness (QED) is 0.724. The molecule has 0 radical (unpaired) electrons. The molecule has 1 aromatic carbocycles. The van der Waals surface area contributed by atoms with E-state index in [1.54, 1.807) is 6.07 Å². The molecule has 7 nitrogen and oxygen atoms in total. The van der Waals surface area contributed by atoms with Gasteiger partial charge in [-0.15, -0.1) is 0 Å². The Morgan fingerprint density at radius 3 is 2.93 bits per heavy atom. The molecule has 1 aliphatic rings. The maximum Gasteiger partial charge on any atom is 0.268 e. The lowest BCUT2D eigenvalue weighted by Crippen LogP contribution is -2.33. The second-order valence-electron chi connectivity index (χ2n) is 6.43. The molecule has 1 unspecified atom stereocenters. The number of ether oxygens (including phenoxy) is 1. The molecular formula is C19H17ClN4O3. The number of aryl methyl sites for hydroxylation is 1. The molecule has 0 spiro atoms. The molecule has 138 valence electrons. The Hall–Kier alpha value is -3.06. The van der Waals surface area contributed by atoms with Gasteiger partial charge < -0.3 is 20.4 Å². The summed E-state index contributed by atoms with van der Waals surface area (Å²) in [7, 11) is 1.83. The number of nitrogens with two attached hydrogens (primary N) is 1. The summed E-state index contributed by atoms with van der Waals surface area (Å²) in [6, 6.07) is 8.57. The van der Waals surface area contributed by atoms with Crippen LogP contribution in [0.2, 0.25) is 5.02 Å². The van der Waals surface area contributed by atoms with E-state index in [0.29, 0.717) is 29.5 Å². The van der Waals surface area contributed by atoms with Crippen molar-refractivity contribution in [3.05, 3.63) is 58.5 Å². The molecule has 27 heavy (non-hydrogen) atoms. The zero-order valence-electron chi connectivity index (χ0n) is 14.5. The first kappa shape index (κ1) is 17.4. The van der Waals surface area contributed by atoms with Crippen LogP contribution in [0, 0.1) is 0 Å². The molecule has 3 heterocycles. The lowest BCUT2D eigenvalue weighted by Gasteiger charge is -2.26. The maximum absolute atomic E-state index is 12.9.